The number of oxime groups is 2. The van der Waals surface area contributed by atoms with Crippen LogP contribution >= 0.6 is 0 Å². The molecule has 4 rings (SSSR count). The van der Waals surface area contributed by atoms with E-state index in [-0.39, 0.29) is 33.5 Å². The molecule has 0 aromatic carbocycles. The lowest BCUT2D eigenvalue weighted by Crippen LogP contribution is -2.43. The highest BCUT2D eigenvalue weighted by molar-refractivity contribution is 5.90. The molecule has 3 amide bonds. The summed E-state index contributed by atoms with van der Waals surface area (Å²) in [7, 11) is 3.09. The van der Waals surface area contributed by atoms with Gasteiger partial charge in [0, 0.05) is 50.2 Å². The molecule has 2 aliphatic heterocycles. The van der Waals surface area contributed by atoms with Crippen molar-refractivity contribution in [1.29, 1.82) is 0 Å². The van der Waals surface area contributed by atoms with Crippen molar-refractivity contribution in [3.05, 3.63) is 47.8 Å². The van der Waals surface area contributed by atoms with Crippen molar-refractivity contribution in [2.45, 2.75) is 93.6 Å². The number of carbonyl (C=O) groups is 3. The molecule has 0 radical (unpaired) electrons. The zero-order valence-electron chi connectivity index (χ0n) is 32.1. The number of likely N-dealkylation sites (tertiary alicyclic amines) is 1. The van der Waals surface area contributed by atoms with Crippen molar-refractivity contribution in [3.63, 3.8) is 0 Å². The Morgan fingerprint density at radius 2 is 1.22 bits per heavy atom. The van der Waals surface area contributed by atoms with Gasteiger partial charge in [-0.1, -0.05) is 25.2 Å². The van der Waals surface area contributed by atoms with E-state index in [1.807, 2.05) is 39.0 Å². The van der Waals surface area contributed by atoms with Crippen LogP contribution in [0.4, 0.5) is 26.0 Å². The van der Waals surface area contributed by atoms with Crippen molar-refractivity contribution < 1.29 is 38.3 Å². The topological polar surface area (TPSA) is 187 Å². The molecular formula is C39H64N8O8. The molecule has 0 aliphatic carbocycles. The van der Waals surface area contributed by atoms with Crippen LogP contribution in [0.2, 0.25) is 0 Å². The van der Waals surface area contributed by atoms with Gasteiger partial charge in [-0.05, 0) is 109 Å². The van der Waals surface area contributed by atoms with Crippen LogP contribution in [0.1, 0.15) is 86.3 Å². The number of nitrogens with one attached hydrogen (secondary N) is 3. The predicted octanol–water partition coefficient (Wildman–Crippen LogP) is 7.31. The number of pyridine rings is 2. The van der Waals surface area contributed by atoms with Gasteiger partial charge in [-0.25, -0.2) is 24.4 Å². The minimum absolute atomic E-state index is 0. The maximum atomic E-state index is 12.3. The molecule has 0 bridgehead atoms. The first kappa shape index (κ1) is 48.0. The summed E-state index contributed by atoms with van der Waals surface area (Å²) in [5, 5.41) is 17.0. The second-order valence-electron chi connectivity index (χ2n) is 13.4. The highest BCUT2D eigenvalue weighted by Crippen LogP contribution is 2.24. The molecule has 3 N–H and O–H groups in total. The lowest BCUT2D eigenvalue weighted by molar-refractivity contribution is 0.0200. The smallest absolute Gasteiger partial charge is 0.412 e. The van der Waals surface area contributed by atoms with Crippen LogP contribution in [0.5, 0.6) is 0 Å². The van der Waals surface area contributed by atoms with Crippen LogP contribution in [0.3, 0.4) is 0 Å². The van der Waals surface area contributed by atoms with E-state index in [1.165, 1.54) is 7.11 Å². The fraction of sp³-hybridized carbons (Fsp3) is 0.615. The predicted molar refractivity (Wildman–Crippen MR) is 216 cm³/mol. The molecule has 2 aliphatic rings. The van der Waals surface area contributed by atoms with Crippen molar-refractivity contribution in [3.8, 4) is 0 Å². The van der Waals surface area contributed by atoms with Gasteiger partial charge in [0.2, 0.25) is 0 Å². The number of hydrogen-bond donors (Lipinski definition) is 3. The van der Waals surface area contributed by atoms with Gasteiger partial charge in [0.1, 0.15) is 31.5 Å². The third-order valence-electron chi connectivity index (χ3n) is 8.28. The molecule has 16 nitrogen and oxygen atoms in total. The highest BCUT2D eigenvalue weighted by atomic mass is 16.6. The van der Waals surface area contributed by atoms with Crippen LogP contribution in [-0.2, 0) is 36.7 Å². The molecule has 2 aromatic rings. The van der Waals surface area contributed by atoms with E-state index < -0.39 is 17.8 Å². The lowest BCUT2D eigenvalue weighted by Gasteiger charge is -2.33. The highest BCUT2D eigenvalue weighted by Gasteiger charge is 2.29. The number of aromatic nitrogens is 2. The van der Waals surface area contributed by atoms with Gasteiger partial charge >= 0.3 is 18.3 Å². The number of nitrogens with zero attached hydrogens (tertiary/aromatic N) is 5. The average molecular weight is 773 g/mol. The number of amides is 3. The summed E-state index contributed by atoms with van der Waals surface area (Å²) in [4.78, 5) is 55.5. The Kier molecular flexibility index (Phi) is 22.0. The van der Waals surface area contributed by atoms with Gasteiger partial charge in [-0.15, -0.1) is 0 Å². The first-order chi connectivity index (χ1) is 25.4. The molecule has 2 saturated heterocycles. The van der Waals surface area contributed by atoms with Gasteiger partial charge in [-0.3, -0.25) is 10.6 Å². The zero-order valence-corrected chi connectivity index (χ0v) is 32.1. The molecule has 4 heterocycles. The van der Waals surface area contributed by atoms with Crippen molar-refractivity contribution in [2.24, 2.45) is 22.1 Å². The normalized spacial score (nSPS) is 15.1. The van der Waals surface area contributed by atoms with E-state index in [0.717, 1.165) is 61.3 Å². The number of ether oxygens (including phenoxy) is 3. The Morgan fingerprint density at radius 1 is 0.782 bits per heavy atom. The van der Waals surface area contributed by atoms with Crippen LogP contribution < -0.4 is 16.0 Å². The Morgan fingerprint density at radius 3 is 1.62 bits per heavy atom. The van der Waals surface area contributed by atoms with Gasteiger partial charge in [0.25, 0.3) is 0 Å². The quantitative estimate of drug-likeness (QED) is 0.112. The summed E-state index contributed by atoms with van der Waals surface area (Å²) in [5.41, 5.74) is 3.40. The summed E-state index contributed by atoms with van der Waals surface area (Å²) in [6, 6.07) is 7.42. The summed E-state index contributed by atoms with van der Waals surface area (Å²) >= 11 is 0. The second kappa shape index (κ2) is 25.2. The molecule has 2 aromatic heterocycles. The number of anilines is 2. The maximum Gasteiger partial charge on any atom is 0.412 e. The first-order valence-electron chi connectivity index (χ1n) is 18.1. The molecule has 0 spiro atoms. The molecule has 0 unspecified atom stereocenters. The molecular weight excluding hydrogens is 708 g/mol. The fourth-order valence-electron chi connectivity index (χ4n) is 5.88. The largest absolute Gasteiger partial charge is 0.450 e. The van der Waals surface area contributed by atoms with Crippen LogP contribution in [0, 0.1) is 11.8 Å². The SMILES string of the molecule is C.C.CCOC(=O)Nc1cc(C/C(=N/OC)C2CCN(C(=O)OC(C)(C)C)CC2)ccn1.CCOC(=O)Nc1cc(C/C(=N/OC)C2CCNCC2)ccn1. The van der Waals surface area contributed by atoms with Crippen molar-refractivity contribution >= 4 is 41.3 Å². The minimum Gasteiger partial charge on any atom is -0.450 e. The molecule has 2 fully saturated rings. The van der Waals surface area contributed by atoms with Crippen molar-refractivity contribution in [1.82, 2.24) is 20.2 Å². The Bertz CT molecular complexity index is 1520. The van der Waals surface area contributed by atoms with Crippen LogP contribution in [0.25, 0.3) is 0 Å². The number of hydrogen-bond acceptors (Lipinski definition) is 13. The fourth-order valence-corrected chi connectivity index (χ4v) is 5.88. The first-order valence-corrected chi connectivity index (χ1v) is 18.1. The third kappa shape index (κ3) is 17.8. The second-order valence-corrected chi connectivity index (χ2v) is 13.4. The average Bonchev–Trinajstić information content (AvgIpc) is 3.12. The summed E-state index contributed by atoms with van der Waals surface area (Å²) in [5.74, 6) is 1.51. The molecule has 16 heteroatoms. The van der Waals surface area contributed by atoms with Gasteiger partial charge in [0.05, 0.1) is 24.6 Å². The van der Waals surface area contributed by atoms with Crippen LogP contribution in [0.15, 0.2) is 47.0 Å². The van der Waals surface area contributed by atoms with E-state index >= 15 is 0 Å². The minimum atomic E-state index is -0.539. The maximum absolute atomic E-state index is 12.3. The Labute approximate surface area is 327 Å². The van der Waals surface area contributed by atoms with E-state index in [9.17, 15) is 14.4 Å². The molecule has 0 saturated carbocycles. The Balaban J connectivity index is 0.000000547. The van der Waals surface area contributed by atoms with E-state index in [1.54, 1.807) is 44.3 Å². The Hall–Kier alpha value is -4.99. The zero-order chi connectivity index (χ0) is 38.6. The monoisotopic (exact) mass is 772 g/mol. The molecule has 0 atom stereocenters. The number of carbonyl (C=O) groups excluding carboxylic acids is 3. The third-order valence-corrected chi connectivity index (χ3v) is 8.28. The summed E-state index contributed by atoms with van der Waals surface area (Å²) in [6.07, 6.45) is 6.89. The van der Waals surface area contributed by atoms with Gasteiger partial charge < -0.3 is 34.1 Å². The van der Waals surface area contributed by atoms with E-state index in [2.05, 4.69) is 36.2 Å². The van der Waals surface area contributed by atoms with Gasteiger partial charge in [0.15, 0.2) is 0 Å². The van der Waals surface area contributed by atoms with E-state index in [4.69, 9.17) is 23.9 Å². The van der Waals surface area contributed by atoms with Crippen LogP contribution in [-0.4, -0.2) is 104 Å². The standard InChI is InChI=1S/C21H32N4O5.C16H24N4O3.2CH4/c1-6-29-19(26)23-18-14-15(7-10-22-18)13-17(24-28-5)16-8-11-25(12-9-16)20(27)30-21(2,3)4;1-3-23-16(21)19-15-11-12(4-9-18-15)10-14(20-22-2)13-5-7-17-8-6-13;;/h7,10,14,16H,6,8-9,11-13H2,1-5H3,(H,22,23,26);4,9,11,13,17H,3,5-8,10H2,1-2H3,(H,18,19,21);2*1H4/b24-17-;20-14-;;. The number of piperidine rings is 2. The lowest BCUT2D eigenvalue weighted by atomic mass is 9.89. The molecule has 55 heavy (non-hydrogen) atoms. The molecule has 308 valence electrons. The van der Waals surface area contributed by atoms with E-state index in [0.29, 0.717) is 50.1 Å². The van der Waals surface area contributed by atoms with Crippen molar-refractivity contribution in [2.75, 3.05) is 64.2 Å². The van der Waals surface area contributed by atoms with Gasteiger partial charge in [-0.2, -0.15) is 0 Å². The summed E-state index contributed by atoms with van der Waals surface area (Å²) < 4.78 is 15.2. The number of rotatable bonds is 12. The summed E-state index contributed by atoms with van der Waals surface area (Å²) in [6.45, 7) is 12.9.